The van der Waals surface area contributed by atoms with Crippen LogP contribution in [0.2, 0.25) is 0 Å². The Morgan fingerprint density at radius 3 is 2.88 bits per heavy atom. The SMILES string of the molecule is CCC(C(=O)Nc1cccc(F)c1)C(N)=NO. The fourth-order valence-electron chi connectivity index (χ4n) is 1.39. The van der Waals surface area contributed by atoms with Gasteiger partial charge >= 0.3 is 0 Å². The molecule has 6 heteroatoms. The third-order valence-electron chi connectivity index (χ3n) is 2.29. The topological polar surface area (TPSA) is 87.7 Å². The Morgan fingerprint density at radius 2 is 2.35 bits per heavy atom. The zero-order chi connectivity index (χ0) is 12.8. The van der Waals surface area contributed by atoms with Crippen LogP contribution < -0.4 is 11.1 Å². The Morgan fingerprint density at radius 1 is 1.65 bits per heavy atom. The van der Waals surface area contributed by atoms with Crippen molar-refractivity contribution in [1.29, 1.82) is 0 Å². The van der Waals surface area contributed by atoms with E-state index in [1.54, 1.807) is 13.0 Å². The van der Waals surface area contributed by atoms with Crippen LogP contribution in [0, 0.1) is 11.7 Å². The van der Waals surface area contributed by atoms with Crippen LogP contribution in [0.3, 0.4) is 0 Å². The lowest BCUT2D eigenvalue weighted by Gasteiger charge is -2.13. The van der Waals surface area contributed by atoms with E-state index >= 15 is 0 Å². The van der Waals surface area contributed by atoms with Crippen LogP contribution in [0.15, 0.2) is 29.4 Å². The Kier molecular flexibility index (Phi) is 4.45. The predicted octanol–water partition coefficient (Wildman–Crippen LogP) is 1.54. The van der Waals surface area contributed by atoms with Gasteiger partial charge in [0.25, 0.3) is 0 Å². The number of carbonyl (C=O) groups is 1. The molecule has 1 aromatic rings. The first-order valence-electron chi connectivity index (χ1n) is 5.12. The second kappa shape index (κ2) is 5.83. The summed E-state index contributed by atoms with van der Waals surface area (Å²) in [7, 11) is 0. The van der Waals surface area contributed by atoms with Crippen LogP contribution in [0.4, 0.5) is 10.1 Å². The van der Waals surface area contributed by atoms with Crippen LogP contribution in [-0.2, 0) is 4.79 Å². The van der Waals surface area contributed by atoms with E-state index in [0.717, 1.165) is 0 Å². The molecule has 92 valence electrons. The van der Waals surface area contributed by atoms with E-state index in [1.165, 1.54) is 18.2 Å². The summed E-state index contributed by atoms with van der Waals surface area (Å²) in [6, 6.07) is 5.50. The lowest BCUT2D eigenvalue weighted by atomic mass is 10.0. The van der Waals surface area contributed by atoms with Gasteiger partial charge in [0.1, 0.15) is 5.82 Å². The first-order valence-corrected chi connectivity index (χ1v) is 5.12. The molecule has 0 fully saturated rings. The van der Waals surface area contributed by atoms with Crippen molar-refractivity contribution in [1.82, 2.24) is 0 Å². The zero-order valence-electron chi connectivity index (χ0n) is 9.35. The molecular weight excluding hydrogens is 225 g/mol. The summed E-state index contributed by atoms with van der Waals surface area (Å²) in [5.74, 6) is -1.78. The van der Waals surface area contributed by atoms with Gasteiger partial charge in [0.2, 0.25) is 5.91 Å². The minimum Gasteiger partial charge on any atom is -0.409 e. The molecule has 4 N–H and O–H groups in total. The van der Waals surface area contributed by atoms with Crippen molar-refractivity contribution < 1.29 is 14.4 Å². The number of rotatable bonds is 4. The van der Waals surface area contributed by atoms with Crippen molar-refractivity contribution in [2.24, 2.45) is 16.8 Å². The Labute approximate surface area is 98.1 Å². The van der Waals surface area contributed by atoms with Gasteiger partial charge < -0.3 is 16.3 Å². The fraction of sp³-hybridized carbons (Fsp3) is 0.273. The highest BCUT2D eigenvalue weighted by atomic mass is 19.1. The van der Waals surface area contributed by atoms with E-state index in [9.17, 15) is 9.18 Å². The van der Waals surface area contributed by atoms with Crippen LogP contribution >= 0.6 is 0 Å². The van der Waals surface area contributed by atoms with Gasteiger partial charge in [-0.15, -0.1) is 0 Å². The minimum absolute atomic E-state index is 0.165. The second-order valence-corrected chi connectivity index (χ2v) is 3.49. The average molecular weight is 239 g/mol. The molecule has 0 aliphatic carbocycles. The maximum absolute atomic E-state index is 12.9. The van der Waals surface area contributed by atoms with Gasteiger partial charge in [-0.05, 0) is 24.6 Å². The number of oxime groups is 1. The number of nitrogens with one attached hydrogen (secondary N) is 1. The molecule has 0 heterocycles. The number of benzene rings is 1. The average Bonchev–Trinajstić information content (AvgIpc) is 2.29. The summed E-state index contributed by atoms with van der Waals surface area (Å²) in [6.45, 7) is 1.73. The van der Waals surface area contributed by atoms with Crippen LogP contribution in [0.1, 0.15) is 13.3 Å². The van der Waals surface area contributed by atoms with Gasteiger partial charge in [0, 0.05) is 5.69 Å². The summed E-state index contributed by atoms with van der Waals surface area (Å²) >= 11 is 0. The predicted molar refractivity (Wildman–Crippen MR) is 62.2 cm³/mol. The van der Waals surface area contributed by atoms with E-state index in [4.69, 9.17) is 10.9 Å². The molecule has 1 rings (SSSR count). The highest BCUT2D eigenvalue weighted by Crippen LogP contribution is 2.12. The summed E-state index contributed by atoms with van der Waals surface area (Å²) in [4.78, 5) is 11.7. The number of hydrogen-bond acceptors (Lipinski definition) is 3. The van der Waals surface area contributed by atoms with E-state index in [1.807, 2.05) is 0 Å². The third-order valence-corrected chi connectivity index (χ3v) is 2.29. The molecular formula is C11H14FN3O2. The molecule has 1 aromatic carbocycles. The summed E-state index contributed by atoms with van der Waals surface area (Å²) < 4.78 is 12.9. The zero-order valence-corrected chi connectivity index (χ0v) is 9.35. The van der Waals surface area contributed by atoms with E-state index in [0.29, 0.717) is 12.1 Å². The maximum atomic E-state index is 12.9. The molecule has 1 unspecified atom stereocenters. The summed E-state index contributed by atoms with van der Waals surface area (Å²) in [5.41, 5.74) is 5.71. The molecule has 0 saturated heterocycles. The first-order chi connectivity index (χ1) is 8.08. The molecule has 0 spiro atoms. The highest BCUT2D eigenvalue weighted by molar-refractivity contribution is 6.07. The lowest BCUT2D eigenvalue weighted by molar-refractivity contribution is -0.118. The number of carbonyl (C=O) groups excluding carboxylic acids is 1. The quantitative estimate of drug-likeness (QED) is 0.322. The lowest BCUT2D eigenvalue weighted by Crippen LogP contribution is -2.34. The highest BCUT2D eigenvalue weighted by Gasteiger charge is 2.21. The number of anilines is 1. The van der Waals surface area contributed by atoms with E-state index in [2.05, 4.69) is 10.5 Å². The first kappa shape index (κ1) is 13.0. The van der Waals surface area contributed by atoms with E-state index < -0.39 is 17.6 Å². The van der Waals surface area contributed by atoms with Gasteiger partial charge in [0.05, 0.1) is 5.92 Å². The molecule has 0 bridgehead atoms. The number of amides is 1. The molecule has 1 atom stereocenters. The number of amidine groups is 1. The molecule has 17 heavy (non-hydrogen) atoms. The fourth-order valence-corrected chi connectivity index (χ4v) is 1.39. The number of halogens is 1. The van der Waals surface area contributed by atoms with Gasteiger partial charge in [-0.1, -0.05) is 18.1 Å². The van der Waals surface area contributed by atoms with Crippen molar-refractivity contribution >= 4 is 17.4 Å². The number of nitrogens with two attached hydrogens (primary N) is 1. The smallest absolute Gasteiger partial charge is 0.235 e. The van der Waals surface area contributed by atoms with Crippen molar-refractivity contribution in [2.45, 2.75) is 13.3 Å². The minimum atomic E-state index is -0.733. The van der Waals surface area contributed by atoms with Crippen molar-refractivity contribution in [3.8, 4) is 0 Å². The molecule has 0 aliphatic heterocycles. The monoisotopic (exact) mass is 239 g/mol. The Hall–Kier alpha value is -2.11. The normalized spacial score (nSPS) is 13.2. The van der Waals surface area contributed by atoms with E-state index in [-0.39, 0.29) is 5.84 Å². The largest absolute Gasteiger partial charge is 0.409 e. The van der Waals surface area contributed by atoms with Crippen molar-refractivity contribution in [2.75, 3.05) is 5.32 Å². The molecule has 0 aliphatic rings. The second-order valence-electron chi connectivity index (χ2n) is 3.49. The van der Waals surface area contributed by atoms with Crippen molar-refractivity contribution in [3.63, 3.8) is 0 Å². The standard InChI is InChI=1S/C11H14FN3O2/c1-2-9(10(13)15-17)11(16)14-8-5-3-4-7(12)6-8/h3-6,9,17H,2H2,1H3,(H2,13,15)(H,14,16). The summed E-state index contributed by atoms with van der Waals surface area (Å²) in [5, 5.41) is 13.8. The molecule has 0 aromatic heterocycles. The molecule has 0 saturated carbocycles. The molecule has 1 amide bonds. The Bertz CT molecular complexity index is 434. The van der Waals surface area contributed by atoms with Crippen LogP contribution in [0.5, 0.6) is 0 Å². The van der Waals surface area contributed by atoms with Crippen molar-refractivity contribution in [3.05, 3.63) is 30.1 Å². The van der Waals surface area contributed by atoms with Gasteiger partial charge in [-0.25, -0.2) is 4.39 Å². The summed E-state index contributed by atoms with van der Waals surface area (Å²) in [6.07, 6.45) is 0.386. The number of hydrogen-bond donors (Lipinski definition) is 3. The maximum Gasteiger partial charge on any atom is 0.235 e. The molecule has 5 nitrogen and oxygen atoms in total. The van der Waals surface area contributed by atoms with Gasteiger partial charge in [-0.3, -0.25) is 4.79 Å². The number of nitrogens with zero attached hydrogens (tertiary/aromatic N) is 1. The third kappa shape index (κ3) is 3.44. The molecule has 0 radical (unpaired) electrons. The van der Waals surface area contributed by atoms with Gasteiger partial charge in [-0.2, -0.15) is 0 Å². The van der Waals surface area contributed by atoms with Gasteiger partial charge in [0.15, 0.2) is 5.84 Å². The van der Waals surface area contributed by atoms with Crippen LogP contribution in [-0.4, -0.2) is 17.0 Å². The van der Waals surface area contributed by atoms with Crippen LogP contribution in [0.25, 0.3) is 0 Å². The Balaban J connectivity index is 2.78.